The van der Waals surface area contributed by atoms with E-state index in [9.17, 15) is 4.79 Å². The summed E-state index contributed by atoms with van der Waals surface area (Å²) in [5.74, 6) is 0.910. The number of fused-ring (bicyclic) bond motifs is 3. The molecule has 0 aromatic carbocycles. The van der Waals surface area contributed by atoms with Gasteiger partial charge in [0.05, 0.1) is 23.5 Å². The van der Waals surface area contributed by atoms with Gasteiger partial charge in [-0.2, -0.15) is 5.10 Å². The lowest BCUT2D eigenvalue weighted by Gasteiger charge is -2.32. The minimum Gasteiger partial charge on any atom is -0.373 e. The van der Waals surface area contributed by atoms with E-state index < -0.39 is 0 Å². The summed E-state index contributed by atoms with van der Waals surface area (Å²) in [4.78, 5) is 21.7. The number of rotatable bonds is 9. The zero-order chi connectivity index (χ0) is 26.4. The van der Waals surface area contributed by atoms with Crippen molar-refractivity contribution in [3.63, 3.8) is 0 Å². The number of likely N-dealkylation sites (N-methyl/N-ethyl adjacent to an activating group) is 1. The van der Waals surface area contributed by atoms with Crippen LogP contribution in [0.15, 0.2) is 6.07 Å². The fourth-order valence-electron chi connectivity index (χ4n) is 6.98. The number of hydrogen-bond donors (Lipinski definition) is 3. The summed E-state index contributed by atoms with van der Waals surface area (Å²) in [7, 11) is 3.85. The molecule has 5 rings (SSSR count). The number of carbonyl (C=O) groups is 1. The lowest BCUT2D eigenvalue weighted by molar-refractivity contribution is -0.123. The first-order valence-corrected chi connectivity index (χ1v) is 13.7. The monoisotopic (exact) mass is 506 g/mol. The van der Waals surface area contributed by atoms with Gasteiger partial charge in [-0.3, -0.25) is 14.4 Å². The van der Waals surface area contributed by atoms with Gasteiger partial charge in [0.25, 0.3) is 0 Å². The van der Waals surface area contributed by atoms with Crippen LogP contribution in [0.1, 0.15) is 67.2 Å². The Balaban J connectivity index is 1.32. The highest BCUT2D eigenvalue weighted by molar-refractivity contribution is 5.92. The van der Waals surface area contributed by atoms with E-state index in [4.69, 9.17) is 10.5 Å². The predicted octanol–water partition coefficient (Wildman–Crippen LogP) is 3.27. The SMILES string of the molecule is CCN(C)CC(=O)NC12CCC(Cn3nc(C)c4c3CCN(c3cc(C)nc(NC)c3C=N)C4)(CC1)C2. The minimum atomic E-state index is -0.0297. The Morgan fingerprint density at radius 2 is 2.03 bits per heavy atom. The van der Waals surface area contributed by atoms with Gasteiger partial charge in [-0.15, -0.1) is 0 Å². The normalized spacial score (nSPS) is 24.4. The molecule has 3 aliphatic rings. The number of pyridine rings is 1. The molecular formula is C28H42N8O. The maximum Gasteiger partial charge on any atom is 0.234 e. The number of hydrogen-bond acceptors (Lipinski definition) is 7. The third kappa shape index (κ3) is 4.74. The molecule has 9 heteroatoms. The lowest BCUT2D eigenvalue weighted by Crippen LogP contribution is -2.48. The highest BCUT2D eigenvalue weighted by atomic mass is 16.2. The molecule has 2 aromatic heterocycles. The van der Waals surface area contributed by atoms with Crippen LogP contribution in [0.25, 0.3) is 0 Å². The first kappa shape index (κ1) is 25.7. The van der Waals surface area contributed by atoms with E-state index in [2.05, 4.69) is 50.0 Å². The van der Waals surface area contributed by atoms with Gasteiger partial charge in [0.1, 0.15) is 5.82 Å². The second kappa shape index (κ2) is 9.74. The maximum absolute atomic E-state index is 12.7. The summed E-state index contributed by atoms with van der Waals surface area (Å²) >= 11 is 0. The number of carbonyl (C=O) groups excluding carboxylic acids is 1. The van der Waals surface area contributed by atoms with E-state index in [0.29, 0.717) is 6.54 Å². The topological polar surface area (TPSA) is 102 Å². The Labute approximate surface area is 220 Å². The number of aryl methyl sites for hydroxylation is 2. The van der Waals surface area contributed by atoms with E-state index in [0.717, 1.165) is 93.2 Å². The Bertz CT molecular complexity index is 1190. The number of anilines is 2. The van der Waals surface area contributed by atoms with Crippen molar-refractivity contribution in [1.29, 1.82) is 5.41 Å². The van der Waals surface area contributed by atoms with Crippen molar-refractivity contribution in [2.75, 3.05) is 43.9 Å². The highest BCUT2D eigenvalue weighted by Crippen LogP contribution is 2.57. The molecule has 2 bridgehead atoms. The Kier molecular flexibility index (Phi) is 6.77. The van der Waals surface area contributed by atoms with E-state index in [1.54, 1.807) is 0 Å². The zero-order valence-corrected chi connectivity index (χ0v) is 23.1. The van der Waals surface area contributed by atoms with Crippen LogP contribution in [0.5, 0.6) is 0 Å². The van der Waals surface area contributed by atoms with Gasteiger partial charge in [-0.25, -0.2) is 4.98 Å². The van der Waals surface area contributed by atoms with Crippen molar-refractivity contribution in [2.45, 2.75) is 77.9 Å². The third-order valence-corrected chi connectivity index (χ3v) is 9.05. The minimum absolute atomic E-state index is 0.0297. The van der Waals surface area contributed by atoms with Gasteiger partial charge in [-0.05, 0) is 71.0 Å². The van der Waals surface area contributed by atoms with E-state index >= 15 is 0 Å². The van der Waals surface area contributed by atoms with Crippen LogP contribution < -0.4 is 15.5 Å². The molecule has 9 nitrogen and oxygen atoms in total. The summed E-state index contributed by atoms with van der Waals surface area (Å²) in [5.41, 5.74) is 6.81. The largest absolute Gasteiger partial charge is 0.373 e. The number of nitrogens with one attached hydrogen (secondary N) is 3. The smallest absolute Gasteiger partial charge is 0.234 e. The molecule has 2 aliphatic carbocycles. The number of amides is 1. The summed E-state index contributed by atoms with van der Waals surface area (Å²) in [6.45, 7) is 10.2. The van der Waals surface area contributed by atoms with Crippen LogP contribution in [0.2, 0.25) is 0 Å². The molecule has 2 aromatic rings. The molecule has 3 N–H and O–H groups in total. The third-order valence-electron chi connectivity index (χ3n) is 9.05. The number of aromatic nitrogens is 3. The van der Waals surface area contributed by atoms with Gasteiger partial charge >= 0.3 is 0 Å². The van der Waals surface area contributed by atoms with Gasteiger partial charge in [0.2, 0.25) is 5.91 Å². The van der Waals surface area contributed by atoms with Crippen LogP contribution >= 0.6 is 0 Å². The second-order valence-electron chi connectivity index (χ2n) is 11.6. The molecule has 0 spiro atoms. The molecule has 0 saturated heterocycles. The molecule has 3 heterocycles. The van der Waals surface area contributed by atoms with Gasteiger partial charge in [-0.1, -0.05) is 6.92 Å². The summed E-state index contributed by atoms with van der Waals surface area (Å²) < 4.78 is 2.30. The summed E-state index contributed by atoms with van der Waals surface area (Å²) in [6.07, 6.45) is 7.87. The van der Waals surface area contributed by atoms with Crippen LogP contribution in [0.3, 0.4) is 0 Å². The maximum atomic E-state index is 12.7. The van der Waals surface area contributed by atoms with Crippen molar-refractivity contribution in [1.82, 2.24) is 25.0 Å². The molecule has 0 unspecified atom stereocenters. The van der Waals surface area contributed by atoms with Crippen LogP contribution in [-0.4, -0.2) is 71.1 Å². The Morgan fingerprint density at radius 3 is 2.70 bits per heavy atom. The standard InChI is InChI=1S/C28H42N8O/c1-6-34(5)16-25(37)32-28-10-8-27(17-28,9-11-28)18-36-23-7-12-35(15-22(23)20(3)33-36)24-13-19(2)31-26(30-4)21(24)14-29/h13-14,29H,6-12,15-18H2,1-5H3,(H,30,31)(H,32,37). The van der Waals surface area contributed by atoms with Gasteiger partial charge in [0, 0.05) is 61.8 Å². The molecule has 2 saturated carbocycles. The molecule has 0 radical (unpaired) electrons. The fourth-order valence-corrected chi connectivity index (χ4v) is 6.98. The predicted molar refractivity (Wildman–Crippen MR) is 148 cm³/mol. The van der Waals surface area contributed by atoms with Crippen LogP contribution in [0.4, 0.5) is 11.5 Å². The molecular weight excluding hydrogens is 464 g/mol. The van der Waals surface area contributed by atoms with E-state index in [1.165, 1.54) is 17.5 Å². The Morgan fingerprint density at radius 1 is 1.27 bits per heavy atom. The average molecular weight is 507 g/mol. The van der Waals surface area contributed by atoms with E-state index in [-0.39, 0.29) is 16.9 Å². The molecule has 1 aliphatic heterocycles. The summed E-state index contributed by atoms with van der Waals surface area (Å²) in [6, 6.07) is 2.09. The Hall–Kier alpha value is -2.94. The van der Waals surface area contributed by atoms with Crippen LogP contribution in [0, 0.1) is 24.7 Å². The van der Waals surface area contributed by atoms with Crippen LogP contribution in [-0.2, 0) is 24.3 Å². The van der Waals surface area contributed by atoms with Crippen molar-refractivity contribution < 1.29 is 4.79 Å². The molecule has 200 valence electrons. The summed E-state index contributed by atoms with van der Waals surface area (Å²) in [5, 5.41) is 19.6. The van der Waals surface area contributed by atoms with Crippen molar-refractivity contribution in [2.24, 2.45) is 5.41 Å². The first-order valence-electron chi connectivity index (χ1n) is 13.7. The van der Waals surface area contributed by atoms with Crippen molar-refractivity contribution in [3.8, 4) is 0 Å². The highest BCUT2D eigenvalue weighted by Gasteiger charge is 2.55. The molecule has 0 atom stereocenters. The first-order chi connectivity index (χ1) is 17.7. The fraction of sp³-hybridized carbons (Fsp3) is 0.643. The quantitative estimate of drug-likeness (QED) is 0.451. The second-order valence-corrected chi connectivity index (χ2v) is 11.6. The average Bonchev–Trinajstić information content (AvgIpc) is 3.52. The van der Waals surface area contributed by atoms with Crippen molar-refractivity contribution >= 4 is 23.6 Å². The van der Waals surface area contributed by atoms with Gasteiger partial charge in [0.15, 0.2) is 0 Å². The lowest BCUT2D eigenvalue weighted by atomic mass is 9.84. The van der Waals surface area contributed by atoms with Gasteiger partial charge < -0.3 is 20.9 Å². The number of nitrogens with zero attached hydrogens (tertiary/aromatic N) is 5. The molecule has 37 heavy (non-hydrogen) atoms. The van der Waals surface area contributed by atoms with E-state index in [1.807, 2.05) is 21.0 Å². The molecule has 2 fully saturated rings. The zero-order valence-electron chi connectivity index (χ0n) is 23.1. The molecule has 1 amide bonds. The van der Waals surface area contributed by atoms with Crippen molar-refractivity contribution in [3.05, 3.63) is 34.3 Å².